The minimum atomic E-state index is -4.74. The van der Waals surface area contributed by atoms with Gasteiger partial charge in [0.25, 0.3) is 0 Å². The molecule has 0 unspecified atom stereocenters. The first-order valence-corrected chi connectivity index (χ1v) is 9.93. The van der Waals surface area contributed by atoms with Crippen molar-refractivity contribution in [2.45, 2.75) is 37.0 Å². The van der Waals surface area contributed by atoms with Crippen LogP contribution in [0, 0.1) is 0 Å². The Hall–Kier alpha value is -1.73. The summed E-state index contributed by atoms with van der Waals surface area (Å²) in [6, 6.07) is 2.36. The van der Waals surface area contributed by atoms with Crippen LogP contribution >= 0.6 is 0 Å². The number of sulfonamides is 1. The van der Waals surface area contributed by atoms with Crippen molar-refractivity contribution in [2.75, 3.05) is 33.0 Å². The summed E-state index contributed by atoms with van der Waals surface area (Å²) < 4.78 is 115. The molecule has 13 heteroatoms. The highest BCUT2D eigenvalue weighted by molar-refractivity contribution is 7.89. The van der Waals surface area contributed by atoms with E-state index in [2.05, 4.69) is 14.2 Å². The maximum Gasteiger partial charge on any atom is 0.422 e. The lowest BCUT2D eigenvalue weighted by molar-refractivity contribution is -0.154. The molecule has 1 N–H and O–H groups in total. The Balaban J connectivity index is 2.96. The third-order valence-corrected chi connectivity index (χ3v) is 4.59. The highest BCUT2D eigenvalue weighted by Crippen LogP contribution is 2.30. The van der Waals surface area contributed by atoms with E-state index in [0.717, 1.165) is 18.6 Å². The summed E-state index contributed by atoms with van der Waals surface area (Å²) in [6.45, 7) is -0.943. The average Bonchev–Trinajstić information content (AvgIpc) is 2.60. The Morgan fingerprint density at radius 3 is 2.17 bits per heavy atom. The largest absolute Gasteiger partial charge is 0.484 e. The zero-order valence-corrected chi connectivity index (χ0v) is 16.2. The van der Waals surface area contributed by atoms with Crippen LogP contribution in [0.15, 0.2) is 23.1 Å². The maximum atomic E-state index is 12.4. The average molecular weight is 453 g/mol. The number of rotatable bonds is 12. The molecule has 0 heterocycles. The summed E-state index contributed by atoms with van der Waals surface area (Å²) in [7, 11) is -4.39. The van der Waals surface area contributed by atoms with Crippen LogP contribution in [0.3, 0.4) is 0 Å². The van der Waals surface area contributed by atoms with E-state index in [1.807, 2.05) is 6.92 Å². The highest BCUT2D eigenvalue weighted by atomic mass is 32.2. The smallest absolute Gasteiger partial charge is 0.422 e. The van der Waals surface area contributed by atoms with Crippen LogP contribution in [-0.2, 0) is 14.8 Å². The van der Waals surface area contributed by atoms with Gasteiger partial charge in [-0.05, 0) is 25.0 Å². The molecule has 1 aromatic rings. The lowest BCUT2D eigenvalue weighted by atomic mass is 10.3. The van der Waals surface area contributed by atoms with E-state index in [4.69, 9.17) is 4.74 Å². The van der Waals surface area contributed by atoms with E-state index in [1.165, 1.54) is 0 Å². The second-order valence-corrected chi connectivity index (χ2v) is 7.52. The maximum absolute atomic E-state index is 12.4. The van der Waals surface area contributed by atoms with Crippen molar-refractivity contribution < 1.29 is 49.0 Å². The summed E-state index contributed by atoms with van der Waals surface area (Å²) in [5, 5.41) is 0. The van der Waals surface area contributed by atoms with Gasteiger partial charge in [-0.15, -0.1) is 0 Å². The fourth-order valence-corrected chi connectivity index (χ4v) is 3.17. The molecule has 0 saturated carbocycles. The molecule has 168 valence electrons. The van der Waals surface area contributed by atoms with Gasteiger partial charge in [0.2, 0.25) is 10.0 Å². The number of hydrogen-bond donors (Lipinski definition) is 1. The first-order valence-electron chi connectivity index (χ1n) is 8.44. The van der Waals surface area contributed by atoms with E-state index >= 15 is 0 Å². The van der Waals surface area contributed by atoms with Crippen molar-refractivity contribution in [3.05, 3.63) is 18.2 Å². The summed E-state index contributed by atoms with van der Waals surface area (Å²) in [4.78, 5) is -0.768. The van der Waals surface area contributed by atoms with Crippen LogP contribution in [0.1, 0.15) is 19.8 Å². The molecule has 1 rings (SSSR count). The lowest BCUT2D eigenvalue weighted by Crippen LogP contribution is -2.27. The Bertz CT molecular complexity index is 736. The zero-order valence-electron chi connectivity index (χ0n) is 15.4. The third kappa shape index (κ3) is 10.6. The summed E-state index contributed by atoms with van der Waals surface area (Å²) in [5.74, 6) is -1.16. The predicted molar refractivity (Wildman–Crippen MR) is 90.5 cm³/mol. The molecule has 0 aromatic heterocycles. The number of nitrogens with one attached hydrogen (secondary N) is 1. The summed E-state index contributed by atoms with van der Waals surface area (Å²) in [5.41, 5.74) is 0. The molecular weight excluding hydrogens is 432 g/mol. The monoisotopic (exact) mass is 453 g/mol. The quantitative estimate of drug-likeness (QED) is 0.386. The van der Waals surface area contributed by atoms with Crippen LogP contribution in [0.25, 0.3) is 0 Å². The summed E-state index contributed by atoms with van der Waals surface area (Å²) in [6.07, 6.45) is -8.36. The Labute approximate surface area is 164 Å². The number of halogens is 6. The molecule has 0 spiro atoms. The van der Waals surface area contributed by atoms with E-state index in [9.17, 15) is 34.8 Å². The van der Waals surface area contributed by atoms with Crippen molar-refractivity contribution in [1.29, 1.82) is 0 Å². The van der Waals surface area contributed by atoms with Gasteiger partial charge >= 0.3 is 12.4 Å². The molecule has 0 bridgehead atoms. The normalized spacial score (nSPS) is 12.8. The van der Waals surface area contributed by atoms with Gasteiger partial charge in [-0.3, -0.25) is 0 Å². The second-order valence-electron chi connectivity index (χ2n) is 5.78. The lowest BCUT2D eigenvalue weighted by Gasteiger charge is -2.16. The van der Waals surface area contributed by atoms with Crippen molar-refractivity contribution in [3.8, 4) is 11.5 Å². The summed E-state index contributed by atoms with van der Waals surface area (Å²) >= 11 is 0. The Morgan fingerprint density at radius 2 is 1.59 bits per heavy atom. The predicted octanol–water partition coefficient (Wildman–Crippen LogP) is 3.66. The number of ether oxygens (including phenoxy) is 3. The molecule has 0 fully saturated rings. The molecule has 29 heavy (non-hydrogen) atoms. The van der Waals surface area contributed by atoms with Crippen LogP contribution in [-0.4, -0.2) is 53.7 Å². The standard InChI is InChI=1S/C16H21F6NO5S/c1-2-7-26-8-3-6-23-29(24,25)14-9-12(27-10-15(17,18)19)4-5-13(14)28-11-16(20,21)22/h4-5,9,23H,2-3,6-8,10-11H2,1H3. The van der Waals surface area contributed by atoms with Gasteiger partial charge in [0, 0.05) is 25.8 Å². The van der Waals surface area contributed by atoms with E-state index < -0.39 is 52.0 Å². The molecule has 0 aliphatic heterocycles. The van der Waals surface area contributed by atoms with Crippen LogP contribution in [0.2, 0.25) is 0 Å². The SMILES string of the molecule is CCCOCCCNS(=O)(=O)c1cc(OCC(F)(F)F)ccc1OCC(F)(F)F. The molecule has 1 aromatic carbocycles. The van der Waals surface area contributed by atoms with E-state index in [0.29, 0.717) is 12.7 Å². The molecule has 0 radical (unpaired) electrons. The first kappa shape index (κ1) is 25.3. The van der Waals surface area contributed by atoms with Crippen LogP contribution in [0.4, 0.5) is 26.3 Å². The molecule has 0 aliphatic rings. The molecule has 0 atom stereocenters. The minimum Gasteiger partial charge on any atom is -0.484 e. The number of hydrogen-bond acceptors (Lipinski definition) is 5. The van der Waals surface area contributed by atoms with Crippen molar-refractivity contribution >= 4 is 10.0 Å². The molecule has 0 aliphatic carbocycles. The highest BCUT2D eigenvalue weighted by Gasteiger charge is 2.31. The fourth-order valence-electron chi connectivity index (χ4n) is 1.94. The van der Waals surface area contributed by atoms with Crippen molar-refractivity contribution in [1.82, 2.24) is 4.72 Å². The second kappa shape index (κ2) is 10.9. The number of benzene rings is 1. The molecule has 6 nitrogen and oxygen atoms in total. The Kier molecular flexibility index (Phi) is 9.49. The Morgan fingerprint density at radius 1 is 0.966 bits per heavy atom. The van der Waals surface area contributed by atoms with Gasteiger partial charge in [-0.2, -0.15) is 26.3 Å². The first-order chi connectivity index (χ1) is 13.3. The van der Waals surface area contributed by atoms with Crippen LogP contribution < -0.4 is 14.2 Å². The topological polar surface area (TPSA) is 73.9 Å². The fraction of sp³-hybridized carbons (Fsp3) is 0.625. The molecule has 0 saturated heterocycles. The third-order valence-electron chi connectivity index (χ3n) is 3.10. The van der Waals surface area contributed by atoms with E-state index in [-0.39, 0.29) is 19.6 Å². The van der Waals surface area contributed by atoms with Crippen LogP contribution in [0.5, 0.6) is 11.5 Å². The zero-order chi connectivity index (χ0) is 22.1. The van der Waals surface area contributed by atoms with Crippen molar-refractivity contribution in [2.24, 2.45) is 0 Å². The molecular formula is C16H21F6NO5S. The van der Waals surface area contributed by atoms with Gasteiger partial charge in [0.15, 0.2) is 13.2 Å². The molecule has 0 amide bonds. The van der Waals surface area contributed by atoms with Gasteiger partial charge < -0.3 is 14.2 Å². The van der Waals surface area contributed by atoms with Crippen molar-refractivity contribution in [3.63, 3.8) is 0 Å². The van der Waals surface area contributed by atoms with Gasteiger partial charge in [0.05, 0.1) is 0 Å². The van der Waals surface area contributed by atoms with Gasteiger partial charge in [-0.1, -0.05) is 6.92 Å². The number of alkyl halides is 6. The van der Waals surface area contributed by atoms with Gasteiger partial charge in [0.1, 0.15) is 16.4 Å². The van der Waals surface area contributed by atoms with Gasteiger partial charge in [-0.25, -0.2) is 13.1 Å². The van der Waals surface area contributed by atoms with E-state index in [1.54, 1.807) is 0 Å². The minimum absolute atomic E-state index is 0.0988.